The minimum atomic E-state index is -0.608. The summed E-state index contributed by atoms with van der Waals surface area (Å²) in [6.45, 7) is 0.548. The van der Waals surface area contributed by atoms with E-state index in [1.807, 2.05) is 6.07 Å². The number of nitrogens with zero attached hydrogens (tertiary/aromatic N) is 1. The van der Waals surface area contributed by atoms with Gasteiger partial charge in [0.2, 0.25) is 5.78 Å². The molecule has 1 heterocycles. The molecule has 0 aromatic heterocycles. The molecule has 0 radical (unpaired) electrons. The second-order valence-corrected chi connectivity index (χ2v) is 5.43. The molecule has 0 aliphatic carbocycles. The quantitative estimate of drug-likeness (QED) is 0.670. The highest BCUT2D eigenvalue weighted by Crippen LogP contribution is 2.23. The van der Waals surface area contributed by atoms with Crippen LogP contribution in [0.2, 0.25) is 0 Å². The molecule has 2 aromatic rings. The van der Waals surface area contributed by atoms with E-state index in [-0.39, 0.29) is 6.04 Å². The molecule has 0 spiro atoms. The highest BCUT2D eigenvalue weighted by atomic mass is 16.2. The van der Waals surface area contributed by atoms with Gasteiger partial charge < -0.3 is 10.6 Å². The number of Topliss-reactive ketones (excluding diaryl/α,β-unsaturated/α-hetero) is 1. The summed E-state index contributed by atoms with van der Waals surface area (Å²) >= 11 is 0. The lowest BCUT2D eigenvalue weighted by Gasteiger charge is -2.26. The Hall–Kier alpha value is -3.13. The second-order valence-electron chi connectivity index (χ2n) is 5.43. The Morgan fingerprint density at radius 2 is 1.96 bits per heavy atom. The first-order valence-corrected chi connectivity index (χ1v) is 7.34. The molecular formula is C18H15N3O2. The lowest BCUT2D eigenvalue weighted by molar-refractivity contribution is -0.117. The van der Waals surface area contributed by atoms with E-state index >= 15 is 0 Å². The van der Waals surface area contributed by atoms with E-state index in [0.717, 1.165) is 11.3 Å². The maximum Gasteiger partial charge on any atom is 0.292 e. The van der Waals surface area contributed by atoms with Crippen molar-refractivity contribution in [3.8, 4) is 6.07 Å². The highest BCUT2D eigenvalue weighted by molar-refractivity contribution is 6.42. The van der Waals surface area contributed by atoms with Crippen LogP contribution < -0.4 is 10.6 Å². The van der Waals surface area contributed by atoms with Gasteiger partial charge in [0, 0.05) is 17.8 Å². The SMILES string of the molecule is N#Cc1ccc2c(c1)CC(NC(=O)C(=O)c1ccccc1)CN2. The summed E-state index contributed by atoms with van der Waals surface area (Å²) in [5, 5.41) is 14.9. The van der Waals surface area contributed by atoms with Crippen molar-refractivity contribution < 1.29 is 9.59 Å². The topological polar surface area (TPSA) is 82.0 Å². The smallest absolute Gasteiger partial charge is 0.292 e. The van der Waals surface area contributed by atoms with E-state index in [2.05, 4.69) is 16.7 Å². The number of nitrogens with one attached hydrogen (secondary N) is 2. The summed E-state index contributed by atoms with van der Waals surface area (Å²) in [4.78, 5) is 24.2. The number of rotatable bonds is 3. The summed E-state index contributed by atoms with van der Waals surface area (Å²) in [5.74, 6) is -1.15. The summed E-state index contributed by atoms with van der Waals surface area (Å²) in [5.41, 5.74) is 2.88. The van der Waals surface area contributed by atoms with Crippen molar-refractivity contribution in [1.82, 2.24) is 5.32 Å². The van der Waals surface area contributed by atoms with Gasteiger partial charge >= 0.3 is 0 Å². The molecule has 3 rings (SSSR count). The summed E-state index contributed by atoms with van der Waals surface area (Å²) in [6.07, 6.45) is 0.589. The Labute approximate surface area is 133 Å². The molecule has 1 aliphatic rings. The Balaban J connectivity index is 1.68. The van der Waals surface area contributed by atoms with Crippen molar-refractivity contribution in [1.29, 1.82) is 5.26 Å². The summed E-state index contributed by atoms with van der Waals surface area (Å²) in [7, 11) is 0. The van der Waals surface area contributed by atoms with Crippen molar-refractivity contribution in [3.63, 3.8) is 0 Å². The van der Waals surface area contributed by atoms with Crippen LogP contribution in [0.15, 0.2) is 48.5 Å². The first kappa shape index (κ1) is 14.8. The standard InChI is InChI=1S/C18H15N3O2/c19-10-12-6-7-16-14(8-12)9-15(11-20-16)21-18(23)17(22)13-4-2-1-3-5-13/h1-8,15,20H,9,11H2,(H,21,23). The van der Waals surface area contributed by atoms with E-state index in [0.29, 0.717) is 24.1 Å². The third kappa shape index (κ3) is 3.22. The third-order valence-electron chi connectivity index (χ3n) is 3.82. The number of carbonyl (C=O) groups excluding carboxylic acids is 2. The average molecular weight is 305 g/mol. The molecule has 5 nitrogen and oxygen atoms in total. The lowest BCUT2D eigenvalue weighted by atomic mass is 9.97. The second kappa shape index (κ2) is 6.32. The molecule has 0 bridgehead atoms. The molecule has 5 heteroatoms. The van der Waals surface area contributed by atoms with E-state index in [9.17, 15) is 9.59 Å². The Morgan fingerprint density at radius 3 is 2.70 bits per heavy atom. The number of hydrogen-bond donors (Lipinski definition) is 2. The molecular weight excluding hydrogens is 290 g/mol. The number of fused-ring (bicyclic) bond motifs is 1. The molecule has 2 N–H and O–H groups in total. The minimum absolute atomic E-state index is 0.184. The number of hydrogen-bond acceptors (Lipinski definition) is 4. The van der Waals surface area contributed by atoms with Gasteiger partial charge in [-0.25, -0.2) is 0 Å². The predicted octanol–water partition coefficient (Wildman–Crippen LogP) is 1.89. The van der Waals surface area contributed by atoms with Crippen LogP contribution in [0.5, 0.6) is 0 Å². The van der Waals surface area contributed by atoms with Crippen LogP contribution in [0.4, 0.5) is 5.69 Å². The Kier molecular flexibility index (Phi) is 4.07. The molecule has 0 fully saturated rings. The molecule has 1 amide bonds. The molecule has 0 saturated carbocycles. The zero-order valence-electron chi connectivity index (χ0n) is 12.4. The number of benzene rings is 2. The van der Waals surface area contributed by atoms with Gasteiger partial charge in [-0.05, 0) is 30.2 Å². The first-order chi connectivity index (χ1) is 11.2. The van der Waals surface area contributed by atoms with Gasteiger partial charge in [-0.1, -0.05) is 30.3 Å². The van der Waals surface area contributed by atoms with Crippen molar-refractivity contribution in [2.24, 2.45) is 0 Å². The summed E-state index contributed by atoms with van der Waals surface area (Å²) in [6, 6.07) is 15.8. The number of nitriles is 1. The van der Waals surface area contributed by atoms with Crippen molar-refractivity contribution in [2.75, 3.05) is 11.9 Å². The lowest BCUT2D eigenvalue weighted by Crippen LogP contribution is -2.46. The van der Waals surface area contributed by atoms with Gasteiger partial charge in [-0.2, -0.15) is 5.26 Å². The van der Waals surface area contributed by atoms with Gasteiger partial charge in [0.15, 0.2) is 0 Å². The third-order valence-corrected chi connectivity index (χ3v) is 3.82. The van der Waals surface area contributed by atoms with Gasteiger partial charge in [0.1, 0.15) is 0 Å². The van der Waals surface area contributed by atoms with E-state index in [1.165, 1.54) is 0 Å². The average Bonchev–Trinajstić information content (AvgIpc) is 2.61. The van der Waals surface area contributed by atoms with E-state index in [4.69, 9.17) is 5.26 Å². The van der Waals surface area contributed by atoms with Crippen LogP contribution in [-0.2, 0) is 11.2 Å². The molecule has 23 heavy (non-hydrogen) atoms. The van der Waals surface area contributed by atoms with Crippen LogP contribution in [-0.4, -0.2) is 24.3 Å². The molecule has 1 aliphatic heterocycles. The van der Waals surface area contributed by atoms with Gasteiger partial charge in [-0.3, -0.25) is 9.59 Å². The number of amides is 1. The fraction of sp³-hybridized carbons (Fsp3) is 0.167. The van der Waals surface area contributed by atoms with Gasteiger partial charge in [-0.15, -0.1) is 0 Å². The predicted molar refractivity (Wildman–Crippen MR) is 86.1 cm³/mol. The maximum absolute atomic E-state index is 12.1. The Bertz CT molecular complexity index is 794. The van der Waals surface area contributed by atoms with E-state index < -0.39 is 11.7 Å². The largest absolute Gasteiger partial charge is 0.383 e. The van der Waals surface area contributed by atoms with E-state index in [1.54, 1.807) is 42.5 Å². The molecule has 0 saturated heterocycles. The van der Waals surface area contributed by atoms with Gasteiger partial charge in [0.25, 0.3) is 5.91 Å². The molecule has 2 aromatic carbocycles. The van der Waals surface area contributed by atoms with Crippen LogP contribution in [0.1, 0.15) is 21.5 Å². The van der Waals surface area contributed by atoms with Crippen molar-refractivity contribution in [2.45, 2.75) is 12.5 Å². The van der Waals surface area contributed by atoms with Crippen LogP contribution in [0.3, 0.4) is 0 Å². The zero-order valence-corrected chi connectivity index (χ0v) is 12.4. The normalized spacial score (nSPS) is 15.7. The summed E-state index contributed by atoms with van der Waals surface area (Å²) < 4.78 is 0. The zero-order chi connectivity index (χ0) is 16.2. The monoisotopic (exact) mass is 305 g/mol. The number of anilines is 1. The minimum Gasteiger partial charge on any atom is -0.383 e. The number of carbonyl (C=O) groups is 2. The van der Waals surface area contributed by atoms with Crippen molar-refractivity contribution in [3.05, 3.63) is 65.2 Å². The van der Waals surface area contributed by atoms with Gasteiger partial charge in [0.05, 0.1) is 17.7 Å². The fourth-order valence-electron chi connectivity index (χ4n) is 2.65. The highest BCUT2D eigenvalue weighted by Gasteiger charge is 2.23. The molecule has 1 unspecified atom stereocenters. The molecule has 1 atom stereocenters. The van der Waals surface area contributed by atoms with Crippen LogP contribution in [0, 0.1) is 11.3 Å². The molecule has 114 valence electrons. The fourth-order valence-corrected chi connectivity index (χ4v) is 2.65. The van der Waals surface area contributed by atoms with Crippen LogP contribution in [0.25, 0.3) is 0 Å². The van der Waals surface area contributed by atoms with Crippen LogP contribution >= 0.6 is 0 Å². The number of ketones is 1. The van der Waals surface area contributed by atoms with Crippen molar-refractivity contribution >= 4 is 17.4 Å². The first-order valence-electron chi connectivity index (χ1n) is 7.34. The maximum atomic E-state index is 12.1. The Morgan fingerprint density at radius 1 is 1.17 bits per heavy atom.